The van der Waals surface area contributed by atoms with E-state index in [-0.39, 0.29) is 45.9 Å². The minimum absolute atomic E-state index is 0.0221. The van der Waals surface area contributed by atoms with Gasteiger partial charge in [0.2, 0.25) is 5.91 Å². The number of piperidine rings is 1. The van der Waals surface area contributed by atoms with Gasteiger partial charge in [-0.3, -0.25) is 20.4 Å². The van der Waals surface area contributed by atoms with Crippen LogP contribution in [0, 0.1) is 10.8 Å². The number of allylic oxidation sites excluding steroid dienone is 2. The average Bonchev–Trinajstić information content (AvgIpc) is 2.99. The molecule has 3 heterocycles. The van der Waals surface area contributed by atoms with Crippen LogP contribution in [0.4, 0.5) is 8.78 Å². The minimum Gasteiger partial charge on any atom is -0.434 e. The van der Waals surface area contributed by atoms with Gasteiger partial charge in [-0.1, -0.05) is 11.6 Å². The number of carbonyl (C=O) groups is 2. The summed E-state index contributed by atoms with van der Waals surface area (Å²) in [5, 5.41) is 24.9. The molecule has 1 aromatic rings. The fourth-order valence-electron chi connectivity index (χ4n) is 4.95. The number of alkyl halides is 2. The highest BCUT2D eigenvalue weighted by Crippen LogP contribution is 2.30. The van der Waals surface area contributed by atoms with Crippen LogP contribution in [0.5, 0.6) is 5.75 Å². The summed E-state index contributed by atoms with van der Waals surface area (Å²) < 4.78 is 37.0. The number of morpholine rings is 1. The largest absolute Gasteiger partial charge is 0.434 e. The van der Waals surface area contributed by atoms with E-state index in [1.807, 2.05) is 7.05 Å². The minimum atomic E-state index is -3.20. The molecule has 0 atom stereocenters. The fraction of sp³-hybridized carbons (Fsp3) is 0.393. The topological polar surface area (TPSA) is 181 Å². The molecule has 0 saturated carbocycles. The van der Waals surface area contributed by atoms with E-state index < -0.39 is 29.7 Å². The Hall–Kier alpha value is -4.34. The van der Waals surface area contributed by atoms with E-state index in [2.05, 4.69) is 30.6 Å². The van der Waals surface area contributed by atoms with Crippen molar-refractivity contribution < 1.29 is 27.8 Å². The molecule has 44 heavy (non-hydrogen) atoms. The van der Waals surface area contributed by atoms with Crippen molar-refractivity contribution in [1.82, 2.24) is 25.8 Å². The van der Waals surface area contributed by atoms with Crippen LogP contribution < -0.4 is 26.4 Å². The number of nitrogens with zero attached hydrogens (tertiary/aromatic N) is 3. The first-order valence-electron chi connectivity index (χ1n) is 13.7. The monoisotopic (exact) mass is 633 g/mol. The van der Waals surface area contributed by atoms with Crippen molar-refractivity contribution in [3.63, 3.8) is 0 Å². The number of likely N-dealkylation sites (tertiary alicyclic amines) is 1. The van der Waals surface area contributed by atoms with E-state index in [1.54, 1.807) is 11.0 Å². The zero-order valence-electron chi connectivity index (χ0n) is 24.0. The van der Waals surface area contributed by atoms with Crippen molar-refractivity contribution in [2.75, 3.05) is 46.4 Å². The number of hydrogen-bond donors (Lipinski definition) is 6. The van der Waals surface area contributed by atoms with Gasteiger partial charge in [0.25, 0.3) is 5.91 Å². The van der Waals surface area contributed by atoms with Gasteiger partial charge < -0.3 is 41.0 Å². The molecule has 2 amide bonds. The number of nitrogens with two attached hydrogens (primary N) is 1. The second kappa shape index (κ2) is 14.4. The van der Waals surface area contributed by atoms with Crippen LogP contribution in [0.3, 0.4) is 0 Å². The lowest BCUT2D eigenvalue weighted by Gasteiger charge is -2.46. The molecule has 4 rings (SSSR count). The van der Waals surface area contributed by atoms with Gasteiger partial charge in [-0.05, 0) is 44.2 Å². The number of nitrogens with one attached hydrogen (secondary N) is 5. The molecule has 2 saturated heterocycles. The van der Waals surface area contributed by atoms with E-state index in [9.17, 15) is 18.4 Å². The number of halogens is 3. The normalized spacial score (nSPS) is 19.4. The first-order chi connectivity index (χ1) is 21.0. The van der Waals surface area contributed by atoms with Gasteiger partial charge in [0.15, 0.2) is 0 Å². The maximum Gasteiger partial charge on any atom is 0.387 e. The SMILES string of the molecule is CN1CCC2(CC1)CN(C(=O)CN/C=C(/NC(=O)/C(C(=N)N)=C1\N=CC=CN1)C(=N)c1cc(Cl)ccc1OC(F)F)CCO2. The van der Waals surface area contributed by atoms with E-state index in [0.717, 1.165) is 25.9 Å². The van der Waals surface area contributed by atoms with Gasteiger partial charge >= 0.3 is 6.61 Å². The highest BCUT2D eigenvalue weighted by atomic mass is 35.5. The van der Waals surface area contributed by atoms with E-state index in [4.69, 9.17) is 32.9 Å². The molecule has 13 nitrogen and oxygen atoms in total. The maximum absolute atomic E-state index is 13.3. The van der Waals surface area contributed by atoms with Crippen molar-refractivity contribution in [1.29, 1.82) is 10.8 Å². The van der Waals surface area contributed by atoms with Gasteiger partial charge in [0, 0.05) is 55.4 Å². The summed E-state index contributed by atoms with van der Waals surface area (Å²) in [6.45, 7) is -0.397. The summed E-state index contributed by atoms with van der Waals surface area (Å²) >= 11 is 6.10. The molecule has 236 valence electrons. The molecular formula is C28H34ClF2N9O4. The number of hydrogen-bond acceptors (Lipinski definition) is 10. The molecule has 0 radical (unpaired) electrons. The van der Waals surface area contributed by atoms with Crippen molar-refractivity contribution in [2.24, 2.45) is 10.7 Å². The molecule has 3 aliphatic rings. The number of benzene rings is 1. The number of carbonyl (C=O) groups excluding carboxylic acids is 2. The van der Waals surface area contributed by atoms with Crippen LogP contribution >= 0.6 is 11.6 Å². The fourth-order valence-corrected chi connectivity index (χ4v) is 5.13. The number of amidine groups is 1. The Morgan fingerprint density at radius 3 is 2.70 bits per heavy atom. The molecule has 7 N–H and O–H groups in total. The Labute approximate surface area is 257 Å². The maximum atomic E-state index is 13.3. The van der Waals surface area contributed by atoms with Crippen molar-refractivity contribution in [2.45, 2.75) is 25.1 Å². The lowest BCUT2D eigenvalue weighted by atomic mass is 9.89. The van der Waals surface area contributed by atoms with Crippen molar-refractivity contribution in [3.8, 4) is 5.75 Å². The lowest BCUT2D eigenvalue weighted by Crippen LogP contribution is -2.58. The molecule has 1 spiro atoms. The summed E-state index contributed by atoms with van der Waals surface area (Å²) in [4.78, 5) is 34.5. The molecule has 0 bridgehead atoms. The summed E-state index contributed by atoms with van der Waals surface area (Å²) in [5.74, 6) is -2.16. The van der Waals surface area contributed by atoms with E-state index in [0.29, 0.717) is 19.7 Å². The summed E-state index contributed by atoms with van der Waals surface area (Å²) in [6.07, 6.45) is 7.23. The molecule has 0 unspecified atom stereocenters. The molecule has 1 aromatic carbocycles. The highest BCUT2D eigenvalue weighted by molar-refractivity contribution is 6.31. The van der Waals surface area contributed by atoms with Gasteiger partial charge in [-0.15, -0.1) is 0 Å². The number of rotatable bonds is 10. The molecule has 0 aliphatic carbocycles. The third-order valence-electron chi connectivity index (χ3n) is 7.28. The highest BCUT2D eigenvalue weighted by Gasteiger charge is 2.40. The first kappa shape index (κ1) is 32.6. The number of ether oxygens (including phenoxy) is 2. The van der Waals surface area contributed by atoms with Gasteiger partial charge in [-0.25, -0.2) is 4.99 Å². The smallest absolute Gasteiger partial charge is 0.387 e. The van der Waals surface area contributed by atoms with Crippen LogP contribution in [0.15, 0.2) is 58.8 Å². The Morgan fingerprint density at radius 1 is 1.30 bits per heavy atom. The Balaban J connectivity index is 1.57. The zero-order valence-corrected chi connectivity index (χ0v) is 24.7. The molecule has 3 aliphatic heterocycles. The second-order valence-electron chi connectivity index (χ2n) is 10.4. The molecule has 2 fully saturated rings. The third kappa shape index (κ3) is 8.18. The van der Waals surface area contributed by atoms with Crippen LogP contribution in [0.25, 0.3) is 0 Å². The van der Waals surface area contributed by atoms with Gasteiger partial charge in [0.05, 0.1) is 30.2 Å². The van der Waals surface area contributed by atoms with Gasteiger partial charge in [0.1, 0.15) is 23.0 Å². The van der Waals surface area contributed by atoms with Crippen molar-refractivity contribution >= 4 is 41.2 Å². The number of amides is 2. The van der Waals surface area contributed by atoms with Crippen LogP contribution in [0.1, 0.15) is 18.4 Å². The lowest BCUT2D eigenvalue weighted by molar-refractivity contribution is -0.157. The second-order valence-corrected chi connectivity index (χ2v) is 10.8. The predicted octanol–water partition coefficient (Wildman–Crippen LogP) is 1.51. The van der Waals surface area contributed by atoms with E-state index in [1.165, 1.54) is 36.8 Å². The third-order valence-corrected chi connectivity index (χ3v) is 7.52. The molecule has 16 heteroatoms. The molecular weight excluding hydrogens is 600 g/mol. The predicted molar refractivity (Wildman–Crippen MR) is 161 cm³/mol. The Kier molecular flexibility index (Phi) is 10.7. The first-order valence-corrected chi connectivity index (χ1v) is 14.1. The van der Waals surface area contributed by atoms with Crippen molar-refractivity contribution in [3.05, 3.63) is 64.4 Å². The van der Waals surface area contributed by atoms with Gasteiger partial charge in [-0.2, -0.15) is 8.78 Å². The Bertz CT molecular complexity index is 1420. The van der Waals surface area contributed by atoms with Crippen LogP contribution in [-0.2, 0) is 14.3 Å². The van der Waals surface area contributed by atoms with Crippen LogP contribution in [-0.4, -0.2) is 98.0 Å². The Morgan fingerprint density at radius 2 is 2.05 bits per heavy atom. The summed E-state index contributed by atoms with van der Waals surface area (Å²) in [7, 11) is 2.04. The zero-order chi connectivity index (χ0) is 31.9. The quantitative estimate of drug-likeness (QED) is 0.127. The number of aliphatic imine (C=N–C) groups is 1. The van der Waals surface area contributed by atoms with Crippen LogP contribution in [0.2, 0.25) is 5.02 Å². The molecule has 0 aromatic heterocycles. The summed E-state index contributed by atoms with van der Waals surface area (Å²) in [6, 6.07) is 3.71. The standard InChI is InChI=1S/C28H34ClF2N9O4/c1-39-9-5-28(6-10-39)16-40(11-12-43-28)21(41)15-35-14-19(23(32)18-13-17(29)3-4-20(18)44-27(30)31)38-26(42)22(24(33)34)25-36-7-2-8-37-25/h2-4,7-8,13-14,27,32,35-36H,5-6,9-12,15-16H2,1H3,(H3,33,34)(H,38,42)/b19-14+,25-22-,32-23?. The average molecular weight is 634 g/mol. The summed E-state index contributed by atoms with van der Waals surface area (Å²) in [5.41, 5.74) is 4.06. The van der Waals surface area contributed by atoms with E-state index >= 15 is 0 Å².